The minimum Gasteiger partial charge on any atom is -0.481 e. The topological polar surface area (TPSA) is 66.4 Å². The lowest BCUT2D eigenvalue weighted by atomic mass is 9.42. The summed E-state index contributed by atoms with van der Waals surface area (Å²) >= 11 is 0. The van der Waals surface area contributed by atoms with Gasteiger partial charge < -0.3 is 10.4 Å². The summed E-state index contributed by atoms with van der Waals surface area (Å²) < 4.78 is 0. The van der Waals surface area contributed by atoms with Gasteiger partial charge in [-0.2, -0.15) is 0 Å². The molecule has 1 amide bonds. The molecule has 0 bridgehead atoms. The van der Waals surface area contributed by atoms with Gasteiger partial charge in [0.1, 0.15) is 23.5 Å². The van der Waals surface area contributed by atoms with Crippen LogP contribution in [0.15, 0.2) is 0 Å². The molecule has 0 unspecified atom stereocenters. The molecule has 0 aliphatic carbocycles. The molecule has 7 heteroatoms. The number of carboxylic acids is 1. The highest BCUT2D eigenvalue weighted by Crippen LogP contribution is 2.11. The molecule has 0 heterocycles. The van der Waals surface area contributed by atoms with Gasteiger partial charge in [-0.1, -0.05) is 44.9 Å². The van der Waals surface area contributed by atoms with E-state index >= 15 is 0 Å². The first-order valence-electron chi connectivity index (χ1n) is 8.34. The summed E-state index contributed by atoms with van der Waals surface area (Å²) in [7, 11) is 5.79. The fourth-order valence-electron chi connectivity index (χ4n) is 2.11. The number of nitrogens with one attached hydrogen (secondary N) is 1. The van der Waals surface area contributed by atoms with Gasteiger partial charge in [-0.05, 0) is 18.0 Å². The van der Waals surface area contributed by atoms with Crippen LogP contribution in [0, 0.1) is 0 Å². The van der Waals surface area contributed by atoms with Crippen molar-refractivity contribution in [3.05, 3.63) is 0 Å². The Morgan fingerprint density at radius 2 is 1.24 bits per heavy atom. The van der Waals surface area contributed by atoms with E-state index in [0.29, 0.717) is 6.42 Å². The number of hydrogen-bond acceptors (Lipinski definition) is 2. The second-order valence-electron chi connectivity index (χ2n) is 6.83. The van der Waals surface area contributed by atoms with E-state index in [1.807, 2.05) is 23.5 Å². The molecule has 0 spiro atoms. The summed E-state index contributed by atoms with van der Waals surface area (Å²) in [4.78, 5) is 21.9. The lowest BCUT2D eigenvalue weighted by molar-refractivity contribution is -0.137. The normalized spacial score (nSPS) is 11.2. The molecular weight excluding hydrogens is 263 g/mol. The molecule has 4 nitrogen and oxygen atoms in total. The predicted molar refractivity (Wildman–Crippen MR) is 95.1 cm³/mol. The Bertz CT molecular complexity index is 306. The van der Waals surface area contributed by atoms with Gasteiger partial charge in [0.15, 0.2) is 0 Å². The average Bonchev–Trinajstić information content (AvgIpc) is 2.38. The Labute approximate surface area is 132 Å². The second kappa shape index (κ2) is 11.8. The smallest absolute Gasteiger partial charge is 0.303 e. The third kappa shape index (κ3) is 13.9. The van der Waals surface area contributed by atoms with E-state index in [4.69, 9.17) is 5.11 Å². The number of carbonyl (C=O) groups is 2. The van der Waals surface area contributed by atoms with Gasteiger partial charge in [0, 0.05) is 13.0 Å². The maximum atomic E-state index is 11.6. The van der Waals surface area contributed by atoms with Crippen LogP contribution < -0.4 is 5.32 Å². The van der Waals surface area contributed by atoms with E-state index in [9.17, 15) is 9.59 Å². The highest BCUT2D eigenvalue weighted by Gasteiger charge is 2.20. The third-order valence-corrected chi connectivity index (χ3v) is 3.53. The van der Waals surface area contributed by atoms with Gasteiger partial charge in [-0.15, -0.1) is 0 Å². The van der Waals surface area contributed by atoms with Crippen molar-refractivity contribution < 1.29 is 14.7 Å². The molecule has 0 saturated heterocycles. The molecule has 21 heavy (non-hydrogen) atoms. The van der Waals surface area contributed by atoms with Gasteiger partial charge in [0.25, 0.3) is 0 Å². The summed E-state index contributed by atoms with van der Waals surface area (Å²) in [5.41, 5.74) is 0. The van der Waals surface area contributed by atoms with Crippen molar-refractivity contribution in [2.75, 3.05) is 6.54 Å². The van der Waals surface area contributed by atoms with Crippen LogP contribution in [-0.2, 0) is 9.59 Å². The molecule has 0 fully saturated rings. The SMILES string of the molecule is BC(B)(B)C(=O)NCCCCCCCCCCCC(=O)O. The molecule has 0 aromatic carbocycles. The summed E-state index contributed by atoms with van der Waals surface area (Å²) in [6.07, 6.45) is 10.4. The largest absolute Gasteiger partial charge is 0.481 e. The second-order valence-corrected chi connectivity index (χ2v) is 6.83. The molecule has 0 rings (SSSR count). The number of aliphatic carboxylic acids is 1. The Morgan fingerprint density at radius 3 is 1.67 bits per heavy atom. The Hall–Kier alpha value is -0.865. The van der Waals surface area contributed by atoms with Gasteiger partial charge in [-0.25, -0.2) is 0 Å². The van der Waals surface area contributed by atoms with E-state index < -0.39 is 5.97 Å². The summed E-state index contributed by atoms with van der Waals surface area (Å²) in [6.45, 7) is 0.783. The average molecular weight is 293 g/mol. The van der Waals surface area contributed by atoms with Crippen molar-refractivity contribution in [2.45, 2.75) is 69.3 Å². The zero-order valence-corrected chi connectivity index (χ0v) is 14.0. The molecule has 0 aromatic heterocycles. The van der Waals surface area contributed by atoms with Crippen LogP contribution in [0.2, 0.25) is 5.11 Å². The molecule has 0 radical (unpaired) electrons. The fraction of sp³-hybridized carbons (Fsp3) is 0.857. The standard InChI is InChI=1S/C14H30B3NO3/c15-14(16,17)13(21)18-11-9-7-5-3-1-2-4-6-8-10-12(19)20/h1-11,15-17H2,(H,18,21)(H,19,20). The molecule has 0 aliphatic heterocycles. The number of carboxylic acid groups (broad SMARTS) is 1. The number of unbranched alkanes of at least 4 members (excludes halogenated alkanes) is 8. The van der Waals surface area contributed by atoms with E-state index in [0.717, 1.165) is 32.2 Å². The lowest BCUT2D eigenvalue weighted by Crippen LogP contribution is -2.37. The van der Waals surface area contributed by atoms with Crippen molar-refractivity contribution >= 4 is 35.4 Å². The first kappa shape index (κ1) is 20.1. The van der Waals surface area contributed by atoms with E-state index in [2.05, 4.69) is 5.32 Å². The molecule has 2 N–H and O–H groups in total. The first-order valence-corrected chi connectivity index (χ1v) is 8.34. The van der Waals surface area contributed by atoms with Crippen LogP contribution in [0.3, 0.4) is 0 Å². The van der Waals surface area contributed by atoms with Crippen molar-refractivity contribution in [1.29, 1.82) is 0 Å². The Morgan fingerprint density at radius 1 is 0.810 bits per heavy atom. The number of amides is 1. The van der Waals surface area contributed by atoms with Crippen molar-refractivity contribution in [2.24, 2.45) is 0 Å². The van der Waals surface area contributed by atoms with Gasteiger partial charge in [0.05, 0.1) is 0 Å². The van der Waals surface area contributed by atoms with E-state index in [-0.39, 0.29) is 11.0 Å². The van der Waals surface area contributed by atoms with E-state index in [1.54, 1.807) is 0 Å². The lowest BCUT2D eigenvalue weighted by Gasteiger charge is -2.17. The summed E-state index contributed by atoms with van der Waals surface area (Å²) in [5, 5.41) is 11.2. The summed E-state index contributed by atoms with van der Waals surface area (Å²) in [6, 6.07) is 0. The Kier molecular flexibility index (Phi) is 11.3. The Balaban J connectivity index is 3.20. The highest BCUT2D eigenvalue weighted by atomic mass is 16.4. The molecule has 0 atom stereocenters. The predicted octanol–water partition coefficient (Wildman–Crippen LogP) is 0.0612. The summed E-state index contributed by atoms with van der Waals surface area (Å²) in [5.74, 6) is -0.558. The molecule has 0 aliphatic rings. The van der Waals surface area contributed by atoms with Crippen LogP contribution in [0.25, 0.3) is 0 Å². The van der Waals surface area contributed by atoms with Crippen LogP contribution in [0.4, 0.5) is 0 Å². The molecular formula is C14H30B3NO3. The van der Waals surface area contributed by atoms with Crippen LogP contribution in [0.5, 0.6) is 0 Å². The highest BCUT2D eigenvalue weighted by molar-refractivity contribution is 6.68. The van der Waals surface area contributed by atoms with Crippen LogP contribution >= 0.6 is 0 Å². The van der Waals surface area contributed by atoms with Crippen LogP contribution in [-0.4, -0.2) is 47.1 Å². The minimum atomic E-state index is -0.687. The first-order chi connectivity index (χ1) is 9.84. The van der Waals surface area contributed by atoms with Crippen LogP contribution in [0.1, 0.15) is 64.2 Å². The maximum Gasteiger partial charge on any atom is 0.303 e. The zero-order chi connectivity index (χ0) is 16.1. The fourth-order valence-corrected chi connectivity index (χ4v) is 2.11. The monoisotopic (exact) mass is 293 g/mol. The van der Waals surface area contributed by atoms with Gasteiger partial charge >= 0.3 is 5.97 Å². The van der Waals surface area contributed by atoms with Crippen molar-refractivity contribution in [1.82, 2.24) is 5.32 Å². The van der Waals surface area contributed by atoms with Crippen molar-refractivity contribution in [3.8, 4) is 0 Å². The van der Waals surface area contributed by atoms with Gasteiger partial charge in [-0.3, -0.25) is 9.59 Å². The number of carbonyl (C=O) groups excluding carboxylic acids is 1. The number of hydrogen-bond donors (Lipinski definition) is 2. The molecule has 0 saturated carbocycles. The molecule has 0 aromatic rings. The number of rotatable bonds is 13. The third-order valence-electron chi connectivity index (χ3n) is 3.53. The quantitative estimate of drug-likeness (QED) is 0.373. The zero-order valence-electron chi connectivity index (χ0n) is 14.0. The maximum absolute atomic E-state index is 11.6. The van der Waals surface area contributed by atoms with E-state index in [1.165, 1.54) is 32.1 Å². The minimum absolute atomic E-state index is 0.129. The van der Waals surface area contributed by atoms with Gasteiger partial charge in [0.2, 0.25) is 5.91 Å². The van der Waals surface area contributed by atoms with Crippen molar-refractivity contribution in [3.63, 3.8) is 0 Å². The molecule has 118 valence electrons.